The van der Waals surface area contributed by atoms with E-state index < -0.39 is 0 Å². The summed E-state index contributed by atoms with van der Waals surface area (Å²) in [5.74, 6) is 0. The molecule has 14 heavy (non-hydrogen) atoms. The van der Waals surface area contributed by atoms with E-state index >= 15 is 0 Å². The fourth-order valence-corrected chi connectivity index (χ4v) is 1.92. The highest BCUT2D eigenvalue weighted by Gasteiger charge is 2.33. The molecule has 0 aliphatic carbocycles. The molecule has 1 heterocycles. The van der Waals surface area contributed by atoms with Crippen molar-refractivity contribution in [3.8, 4) is 0 Å². The van der Waals surface area contributed by atoms with Crippen molar-refractivity contribution >= 4 is 0 Å². The third-order valence-electron chi connectivity index (χ3n) is 2.95. The number of hydrogen-bond donors (Lipinski definition) is 1. The minimum absolute atomic E-state index is 0.338. The van der Waals surface area contributed by atoms with Gasteiger partial charge in [-0.05, 0) is 25.8 Å². The molecule has 0 aromatic carbocycles. The van der Waals surface area contributed by atoms with Crippen molar-refractivity contribution in [1.29, 1.82) is 0 Å². The van der Waals surface area contributed by atoms with Gasteiger partial charge in [0, 0.05) is 32.3 Å². The minimum atomic E-state index is 0.338. The second-order valence-electron chi connectivity index (χ2n) is 4.22. The molecule has 1 aliphatic heterocycles. The molecule has 0 radical (unpaired) electrons. The Hall–Kier alpha value is -0.120. The Kier molecular flexibility index (Phi) is 5.45. The summed E-state index contributed by atoms with van der Waals surface area (Å²) in [6, 6.07) is 0. The van der Waals surface area contributed by atoms with Crippen molar-refractivity contribution in [3.63, 3.8) is 0 Å². The largest absolute Gasteiger partial charge is 0.385 e. The quantitative estimate of drug-likeness (QED) is 0.632. The Balaban J connectivity index is 2.28. The van der Waals surface area contributed by atoms with E-state index in [-0.39, 0.29) is 0 Å². The average molecular weight is 201 g/mol. The zero-order chi connectivity index (χ0) is 10.3. The van der Waals surface area contributed by atoms with E-state index in [0.29, 0.717) is 5.41 Å². The predicted molar refractivity (Wildman–Crippen MR) is 57.5 cm³/mol. The second-order valence-corrected chi connectivity index (χ2v) is 4.22. The molecular formula is C11H23NO2. The first kappa shape index (κ1) is 12.0. The van der Waals surface area contributed by atoms with Crippen molar-refractivity contribution in [2.24, 2.45) is 5.41 Å². The minimum Gasteiger partial charge on any atom is -0.385 e. The van der Waals surface area contributed by atoms with Crippen LogP contribution in [0, 0.1) is 5.41 Å². The maximum absolute atomic E-state index is 5.49. The van der Waals surface area contributed by atoms with Crippen molar-refractivity contribution in [2.45, 2.75) is 26.2 Å². The molecule has 1 unspecified atom stereocenters. The molecule has 0 bridgehead atoms. The van der Waals surface area contributed by atoms with Crippen LogP contribution in [0.25, 0.3) is 0 Å². The first-order valence-electron chi connectivity index (χ1n) is 5.60. The van der Waals surface area contributed by atoms with Gasteiger partial charge in [-0.25, -0.2) is 0 Å². The Morgan fingerprint density at radius 1 is 1.50 bits per heavy atom. The van der Waals surface area contributed by atoms with Crippen LogP contribution in [0.3, 0.4) is 0 Å². The molecular weight excluding hydrogens is 178 g/mol. The number of hydrogen-bond acceptors (Lipinski definition) is 3. The van der Waals surface area contributed by atoms with Crippen LogP contribution in [0.5, 0.6) is 0 Å². The number of methoxy groups -OCH3 is 1. The summed E-state index contributed by atoms with van der Waals surface area (Å²) < 4.78 is 10.6. The van der Waals surface area contributed by atoms with Gasteiger partial charge >= 0.3 is 0 Å². The average Bonchev–Trinajstić information content (AvgIpc) is 2.65. The van der Waals surface area contributed by atoms with Crippen molar-refractivity contribution in [3.05, 3.63) is 0 Å². The van der Waals surface area contributed by atoms with E-state index in [1.807, 2.05) is 0 Å². The highest BCUT2D eigenvalue weighted by atomic mass is 16.5. The fourth-order valence-electron chi connectivity index (χ4n) is 1.92. The van der Waals surface area contributed by atoms with Gasteiger partial charge in [-0.3, -0.25) is 0 Å². The monoisotopic (exact) mass is 201 g/mol. The lowest BCUT2D eigenvalue weighted by molar-refractivity contribution is 0.106. The van der Waals surface area contributed by atoms with Gasteiger partial charge in [-0.15, -0.1) is 0 Å². The van der Waals surface area contributed by atoms with Gasteiger partial charge < -0.3 is 14.8 Å². The number of ether oxygens (including phenoxy) is 2. The van der Waals surface area contributed by atoms with Crippen molar-refractivity contribution in [1.82, 2.24) is 5.32 Å². The third kappa shape index (κ3) is 3.56. The van der Waals surface area contributed by atoms with Crippen LogP contribution in [0.1, 0.15) is 26.2 Å². The van der Waals surface area contributed by atoms with Gasteiger partial charge in [-0.1, -0.05) is 6.92 Å². The smallest absolute Gasteiger partial charge is 0.0536 e. The zero-order valence-electron chi connectivity index (χ0n) is 9.47. The molecule has 3 nitrogen and oxygen atoms in total. The van der Waals surface area contributed by atoms with Gasteiger partial charge in [-0.2, -0.15) is 0 Å². The number of nitrogens with one attached hydrogen (secondary N) is 1. The second kappa shape index (κ2) is 6.38. The first-order chi connectivity index (χ1) is 6.83. The lowest BCUT2D eigenvalue weighted by Gasteiger charge is -2.27. The Bertz CT molecular complexity index is 144. The summed E-state index contributed by atoms with van der Waals surface area (Å²) in [6.45, 7) is 7.03. The lowest BCUT2D eigenvalue weighted by atomic mass is 9.84. The van der Waals surface area contributed by atoms with E-state index in [1.54, 1.807) is 7.11 Å². The van der Waals surface area contributed by atoms with Gasteiger partial charge in [0.05, 0.1) is 6.61 Å². The van der Waals surface area contributed by atoms with Gasteiger partial charge in [0.2, 0.25) is 0 Å². The predicted octanol–water partition coefficient (Wildman–Crippen LogP) is 1.43. The zero-order valence-corrected chi connectivity index (χ0v) is 9.47. The molecule has 1 rings (SSSR count). The molecule has 3 heteroatoms. The highest BCUT2D eigenvalue weighted by Crippen LogP contribution is 2.31. The van der Waals surface area contributed by atoms with Gasteiger partial charge in [0.1, 0.15) is 0 Å². The van der Waals surface area contributed by atoms with Crippen LogP contribution >= 0.6 is 0 Å². The van der Waals surface area contributed by atoms with Crippen LogP contribution in [-0.2, 0) is 9.47 Å². The van der Waals surface area contributed by atoms with E-state index in [0.717, 1.165) is 39.3 Å². The Labute approximate surface area is 87.2 Å². The molecule has 1 aliphatic rings. The van der Waals surface area contributed by atoms with Crippen molar-refractivity contribution < 1.29 is 9.47 Å². The van der Waals surface area contributed by atoms with Crippen molar-refractivity contribution in [2.75, 3.05) is 40.0 Å². The summed E-state index contributed by atoms with van der Waals surface area (Å²) in [6.07, 6.45) is 3.48. The molecule has 84 valence electrons. The van der Waals surface area contributed by atoms with Crippen LogP contribution in [0.2, 0.25) is 0 Å². The van der Waals surface area contributed by atoms with E-state index in [9.17, 15) is 0 Å². The molecule has 1 saturated heterocycles. The lowest BCUT2D eigenvalue weighted by Crippen LogP contribution is -2.36. The van der Waals surface area contributed by atoms with Crippen LogP contribution in [-0.4, -0.2) is 40.0 Å². The summed E-state index contributed by atoms with van der Waals surface area (Å²) >= 11 is 0. The normalized spacial score (nSPS) is 27.0. The highest BCUT2D eigenvalue weighted by molar-refractivity contribution is 4.85. The van der Waals surface area contributed by atoms with E-state index in [4.69, 9.17) is 9.47 Å². The maximum atomic E-state index is 5.49. The first-order valence-corrected chi connectivity index (χ1v) is 5.60. The van der Waals surface area contributed by atoms with Gasteiger partial charge in [0.15, 0.2) is 0 Å². The molecule has 0 aromatic rings. The van der Waals surface area contributed by atoms with E-state index in [1.165, 1.54) is 12.8 Å². The summed E-state index contributed by atoms with van der Waals surface area (Å²) in [4.78, 5) is 0. The number of rotatable bonds is 7. The summed E-state index contributed by atoms with van der Waals surface area (Å²) in [7, 11) is 1.77. The Morgan fingerprint density at radius 2 is 2.36 bits per heavy atom. The molecule has 0 amide bonds. The standard InChI is InChI=1S/C11H23NO2/c1-3-6-12-9-11(4-7-13-2)5-8-14-10-11/h12H,3-10H2,1-2H3. The molecule has 1 fully saturated rings. The van der Waals surface area contributed by atoms with Gasteiger partial charge in [0.25, 0.3) is 0 Å². The molecule has 1 atom stereocenters. The maximum Gasteiger partial charge on any atom is 0.0536 e. The van der Waals surface area contributed by atoms with E-state index in [2.05, 4.69) is 12.2 Å². The Morgan fingerprint density at radius 3 is 2.93 bits per heavy atom. The van der Waals surface area contributed by atoms with Crippen LogP contribution in [0.4, 0.5) is 0 Å². The molecule has 1 N–H and O–H groups in total. The summed E-state index contributed by atoms with van der Waals surface area (Å²) in [5, 5.41) is 3.49. The van der Waals surface area contributed by atoms with Crippen LogP contribution in [0.15, 0.2) is 0 Å². The molecule has 0 aromatic heterocycles. The topological polar surface area (TPSA) is 30.5 Å². The third-order valence-corrected chi connectivity index (χ3v) is 2.95. The van der Waals surface area contributed by atoms with Crippen LogP contribution < -0.4 is 5.32 Å². The molecule has 0 saturated carbocycles. The summed E-state index contributed by atoms with van der Waals surface area (Å²) in [5.41, 5.74) is 0.338. The fraction of sp³-hybridized carbons (Fsp3) is 1.00. The molecule has 0 spiro atoms. The SMILES string of the molecule is CCCNCC1(CCOC)CCOC1.